The van der Waals surface area contributed by atoms with Crippen LogP contribution in [0.2, 0.25) is 0 Å². The summed E-state index contributed by atoms with van der Waals surface area (Å²) in [6, 6.07) is 1.38. The van der Waals surface area contributed by atoms with Crippen LogP contribution in [0.15, 0.2) is 23.3 Å². The zero-order valence-corrected chi connectivity index (χ0v) is 12.5. The predicted molar refractivity (Wildman–Crippen MR) is 76.7 cm³/mol. The van der Waals surface area contributed by atoms with Gasteiger partial charge in [-0.05, 0) is 44.1 Å². The average molecular weight is 351 g/mol. The van der Waals surface area contributed by atoms with E-state index in [2.05, 4.69) is 15.4 Å². The molecule has 3 nitrogen and oxygen atoms in total. The molecule has 3 heterocycles. The number of fused-ring (bicyclic) bond motifs is 3. The van der Waals surface area contributed by atoms with Gasteiger partial charge in [0.05, 0.1) is 22.5 Å². The maximum Gasteiger partial charge on any atom is 0.416 e. The van der Waals surface area contributed by atoms with Crippen LogP contribution in [0.25, 0.3) is 0 Å². The van der Waals surface area contributed by atoms with Crippen LogP contribution in [0.1, 0.15) is 24.0 Å². The van der Waals surface area contributed by atoms with Gasteiger partial charge in [0.1, 0.15) is 0 Å². The van der Waals surface area contributed by atoms with E-state index in [1.54, 1.807) is 0 Å². The SMILES string of the molecule is FC(F)(F)c1cc(N/N=C2/CN3CCC2CC3)cc(C(F)(F)F)c1. The van der Waals surface area contributed by atoms with Crippen LogP contribution >= 0.6 is 0 Å². The van der Waals surface area contributed by atoms with E-state index < -0.39 is 23.5 Å². The molecule has 132 valence electrons. The van der Waals surface area contributed by atoms with Gasteiger partial charge >= 0.3 is 12.4 Å². The van der Waals surface area contributed by atoms with Crippen LogP contribution in [0.3, 0.4) is 0 Å². The lowest BCUT2D eigenvalue weighted by Crippen LogP contribution is -2.48. The second-order valence-electron chi connectivity index (χ2n) is 6.06. The van der Waals surface area contributed by atoms with Crippen LogP contribution in [0.5, 0.6) is 0 Å². The minimum atomic E-state index is -4.86. The van der Waals surface area contributed by atoms with Crippen molar-refractivity contribution in [3.05, 3.63) is 29.3 Å². The number of hydrazone groups is 1. The average Bonchev–Trinajstić information content (AvgIpc) is 2.52. The zero-order chi connectivity index (χ0) is 17.5. The molecule has 24 heavy (non-hydrogen) atoms. The third-order valence-electron chi connectivity index (χ3n) is 4.36. The van der Waals surface area contributed by atoms with Crippen molar-refractivity contribution < 1.29 is 26.3 Å². The molecule has 3 saturated heterocycles. The van der Waals surface area contributed by atoms with Gasteiger partial charge in [0, 0.05) is 12.5 Å². The Bertz CT molecular complexity index is 609. The molecule has 2 bridgehead atoms. The monoisotopic (exact) mass is 351 g/mol. The summed E-state index contributed by atoms with van der Waals surface area (Å²) in [5.74, 6) is 0.246. The Morgan fingerprint density at radius 2 is 1.46 bits per heavy atom. The molecule has 3 fully saturated rings. The van der Waals surface area contributed by atoms with Gasteiger partial charge in [-0.1, -0.05) is 0 Å². The first-order valence-electron chi connectivity index (χ1n) is 7.47. The highest BCUT2D eigenvalue weighted by Gasteiger charge is 2.37. The highest BCUT2D eigenvalue weighted by Crippen LogP contribution is 2.37. The summed E-state index contributed by atoms with van der Waals surface area (Å²) >= 11 is 0. The Hall–Kier alpha value is -1.77. The summed E-state index contributed by atoms with van der Waals surface area (Å²) in [5, 5.41) is 4.07. The standard InChI is InChI=1S/C15H15F6N3/c16-14(17,18)10-5-11(15(19,20)21)7-12(6-10)22-23-13-8-24-3-1-9(13)2-4-24/h5-7,9,22H,1-4,8H2/b23-13-. The van der Waals surface area contributed by atoms with Crippen molar-refractivity contribution >= 4 is 11.4 Å². The predicted octanol–water partition coefficient (Wildman–Crippen LogP) is 4.22. The largest absolute Gasteiger partial charge is 0.416 e. The van der Waals surface area contributed by atoms with E-state index in [1.807, 2.05) is 0 Å². The molecule has 0 amide bonds. The first-order valence-corrected chi connectivity index (χ1v) is 7.47. The highest BCUT2D eigenvalue weighted by molar-refractivity contribution is 5.90. The topological polar surface area (TPSA) is 27.6 Å². The summed E-state index contributed by atoms with van der Waals surface area (Å²) in [6.07, 6.45) is -7.89. The summed E-state index contributed by atoms with van der Waals surface area (Å²) < 4.78 is 76.9. The molecule has 0 radical (unpaired) electrons. The van der Waals surface area contributed by atoms with E-state index in [0.717, 1.165) is 31.6 Å². The van der Waals surface area contributed by atoms with Crippen molar-refractivity contribution in [1.82, 2.24) is 4.90 Å². The van der Waals surface area contributed by atoms with Crippen molar-refractivity contribution in [2.45, 2.75) is 25.2 Å². The number of rotatable bonds is 2. The normalized spacial score (nSPS) is 26.0. The molecule has 9 heteroatoms. The van der Waals surface area contributed by atoms with Gasteiger partial charge in [0.25, 0.3) is 0 Å². The lowest BCUT2D eigenvalue weighted by molar-refractivity contribution is -0.143. The Labute approximate surface area is 134 Å². The smallest absolute Gasteiger partial charge is 0.298 e. The van der Waals surface area contributed by atoms with Gasteiger partial charge in [0.2, 0.25) is 0 Å². The molecule has 3 aliphatic rings. The molecule has 0 aliphatic carbocycles. The Morgan fingerprint density at radius 1 is 0.917 bits per heavy atom. The molecule has 3 aliphatic heterocycles. The second-order valence-corrected chi connectivity index (χ2v) is 6.06. The van der Waals surface area contributed by atoms with Crippen LogP contribution in [-0.4, -0.2) is 30.2 Å². The number of alkyl halides is 6. The highest BCUT2D eigenvalue weighted by atomic mass is 19.4. The molecular formula is C15H15F6N3. The third-order valence-corrected chi connectivity index (χ3v) is 4.36. The van der Waals surface area contributed by atoms with Crippen LogP contribution in [-0.2, 0) is 12.4 Å². The van der Waals surface area contributed by atoms with Gasteiger partial charge in [-0.2, -0.15) is 31.4 Å². The zero-order valence-electron chi connectivity index (χ0n) is 12.5. The fraction of sp³-hybridized carbons (Fsp3) is 0.533. The van der Waals surface area contributed by atoms with E-state index in [4.69, 9.17) is 0 Å². The van der Waals surface area contributed by atoms with Crippen LogP contribution < -0.4 is 5.43 Å². The van der Waals surface area contributed by atoms with Crippen molar-refractivity contribution in [2.75, 3.05) is 25.1 Å². The molecule has 1 aromatic carbocycles. The third kappa shape index (κ3) is 3.66. The van der Waals surface area contributed by atoms with Gasteiger partial charge in [-0.3, -0.25) is 10.3 Å². The molecule has 1 aromatic rings. The van der Waals surface area contributed by atoms with E-state index in [-0.39, 0.29) is 17.7 Å². The number of hydrogen-bond acceptors (Lipinski definition) is 3. The number of anilines is 1. The summed E-state index contributed by atoms with van der Waals surface area (Å²) in [5.41, 5.74) is 0.138. The number of nitrogens with zero attached hydrogens (tertiary/aromatic N) is 2. The van der Waals surface area contributed by atoms with Gasteiger partial charge in [-0.25, -0.2) is 0 Å². The van der Waals surface area contributed by atoms with Gasteiger partial charge in [-0.15, -0.1) is 0 Å². The number of halogens is 6. The molecule has 0 atom stereocenters. The molecule has 1 N–H and O–H groups in total. The van der Waals surface area contributed by atoms with Crippen molar-refractivity contribution in [1.29, 1.82) is 0 Å². The molecule has 0 spiro atoms. The second kappa shape index (κ2) is 5.94. The van der Waals surface area contributed by atoms with E-state index >= 15 is 0 Å². The van der Waals surface area contributed by atoms with Crippen molar-refractivity contribution in [3.63, 3.8) is 0 Å². The fourth-order valence-corrected chi connectivity index (χ4v) is 3.06. The maximum absolute atomic E-state index is 12.8. The van der Waals surface area contributed by atoms with Crippen LogP contribution in [0, 0.1) is 5.92 Å². The minimum absolute atomic E-state index is 0.104. The Kier molecular flexibility index (Phi) is 4.23. The molecule has 0 saturated carbocycles. The van der Waals surface area contributed by atoms with Gasteiger partial charge < -0.3 is 0 Å². The quantitative estimate of drug-likeness (QED) is 0.638. The summed E-state index contributed by atoms with van der Waals surface area (Å²) in [7, 11) is 0. The number of piperidine rings is 3. The van der Waals surface area contributed by atoms with Crippen molar-refractivity contribution in [2.24, 2.45) is 11.0 Å². The number of nitrogens with one attached hydrogen (secondary N) is 1. The van der Waals surface area contributed by atoms with E-state index in [0.29, 0.717) is 18.7 Å². The summed E-state index contributed by atoms with van der Waals surface area (Å²) in [4.78, 5) is 2.16. The first kappa shape index (κ1) is 17.1. The Balaban J connectivity index is 1.87. The molecule has 0 unspecified atom stereocenters. The minimum Gasteiger partial charge on any atom is -0.298 e. The maximum atomic E-state index is 12.8. The fourth-order valence-electron chi connectivity index (χ4n) is 3.06. The van der Waals surface area contributed by atoms with Crippen molar-refractivity contribution in [3.8, 4) is 0 Å². The van der Waals surface area contributed by atoms with Crippen LogP contribution in [0.4, 0.5) is 32.0 Å². The summed E-state index contributed by atoms with van der Waals surface area (Å²) in [6.45, 7) is 2.50. The Morgan fingerprint density at radius 3 is 1.88 bits per heavy atom. The lowest BCUT2D eigenvalue weighted by atomic mass is 9.87. The molecule has 4 rings (SSSR count). The number of benzene rings is 1. The number of hydrogen-bond donors (Lipinski definition) is 1. The van der Waals surface area contributed by atoms with E-state index in [9.17, 15) is 26.3 Å². The van der Waals surface area contributed by atoms with E-state index in [1.165, 1.54) is 0 Å². The first-order chi connectivity index (χ1) is 11.1. The molecule has 0 aromatic heterocycles. The molecular weight excluding hydrogens is 336 g/mol. The lowest BCUT2D eigenvalue weighted by Gasteiger charge is -2.39. The van der Waals surface area contributed by atoms with Gasteiger partial charge in [0.15, 0.2) is 0 Å².